The molecule has 21 heavy (non-hydrogen) atoms. The lowest BCUT2D eigenvalue weighted by Crippen LogP contribution is -2.36. The fourth-order valence-corrected chi connectivity index (χ4v) is 3.79. The maximum absolute atomic E-state index is 12.8. The first-order valence-corrected chi connectivity index (χ1v) is 8.26. The first-order valence-electron chi connectivity index (χ1n) is 6.82. The maximum Gasteiger partial charge on any atom is 0.243 e. The van der Waals surface area contributed by atoms with Crippen molar-refractivity contribution in [3.05, 3.63) is 60.2 Å². The van der Waals surface area contributed by atoms with E-state index in [-0.39, 0.29) is 6.04 Å². The monoisotopic (exact) mass is 304 g/mol. The summed E-state index contributed by atoms with van der Waals surface area (Å²) in [6.07, 6.45) is 0. The molecule has 112 valence electrons. The minimum absolute atomic E-state index is 0.142. The first kappa shape index (κ1) is 15.5. The summed E-state index contributed by atoms with van der Waals surface area (Å²) in [5.74, 6) is 0. The molecule has 5 heteroatoms. The highest BCUT2D eigenvalue weighted by molar-refractivity contribution is 7.89. The van der Waals surface area contributed by atoms with Crippen molar-refractivity contribution in [2.24, 2.45) is 0 Å². The van der Waals surface area contributed by atoms with Gasteiger partial charge in [-0.3, -0.25) is 0 Å². The average Bonchev–Trinajstić information content (AvgIpc) is 2.45. The number of hydrogen-bond donors (Lipinski definition) is 1. The van der Waals surface area contributed by atoms with Gasteiger partial charge in [-0.15, -0.1) is 0 Å². The van der Waals surface area contributed by atoms with Crippen LogP contribution in [0.25, 0.3) is 0 Å². The molecular weight excluding hydrogens is 284 g/mol. The van der Waals surface area contributed by atoms with Crippen molar-refractivity contribution >= 4 is 15.7 Å². The van der Waals surface area contributed by atoms with Gasteiger partial charge in [0.1, 0.15) is 0 Å². The van der Waals surface area contributed by atoms with Crippen LogP contribution in [0.5, 0.6) is 0 Å². The molecule has 0 fully saturated rings. The van der Waals surface area contributed by atoms with E-state index >= 15 is 0 Å². The highest BCUT2D eigenvalue weighted by Gasteiger charge is 2.26. The lowest BCUT2D eigenvalue weighted by atomic mass is 10.2. The van der Waals surface area contributed by atoms with E-state index in [0.717, 1.165) is 5.56 Å². The minimum Gasteiger partial charge on any atom is -0.399 e. The molecule has 0 spiro atoms. The average molecular weight is 304 g/mol. The molecule has 0 aromatic heterocycles. The number of anilines is 1. The molecule has 0 unspecified atom stereocenters. The fraction of sp³-hybridized carbons (Fsp3) is 0.250. The summed E-state index contributed by atoms with van der Waals surface area (Å²) in [5, 5.41) is 0. The van der Waals surface area contributed by atoms with Crippen LogP contribution < -0.4 is 5.73 Å². The number of hydrogen-bond acceptors (Lipinski definition) is 3. The molecule has 0 aliphatic rings. The van der Waals surface area contributed by atoms with E-state index in [1.165, 1.54) is 4.31 Å². The van der Waals surface area contributed by atoms with Crippen LogP contribution in [0.2, 0.25) is 0 Å². The van der Waals surface area contributed by atoms with Crippen molar-refractivity contribution in [2.75, 3.05) is 5.73 Å². The summed E-state index contributed by atoms with van der Waals surface area (Å²) < 4.78 is 27.0. The molecule has 0 radical (unpaired) electrons. The molecule has 0 heterocycles. The van der Waals surface area contributed by atoms with Gasteiger partial charge in [0.15, 0.2) is 0 Å². The standard InChI is InChI=1S/C16H20N2O2S/c1-13(2)18(12-14-7-6-8-15(17)11-14)21(19,20)16-9-4-3-5-10-16/h3-11,13H,12,17H2,1-2H3. The van der Waals surface area contributed by atoms with Gasteiger partial charge >= 0.3 is 0 Å². The zero-order valence-electron chi connectivity index (χ0n) is 12.2. The number of nitrogen functional groups attached to an aromatic ring is 1. The molecule has 0 saturated carbocycles. The van der Waals surface area contributed by atoms with Gasteiger partial charge in [0.25, 0.3) is 0 Å². The topological polar surface area (TPSA) is 63.4 Å². The lowest BCUT2D eigenvalue weighted by molar-refractivity contribution is 0.348. The largest absolute Gasteiger partial charge is 0.399 e. The van der Waals surface area contributed by atoms with Gasteiger partial charge in [-0.1, -0.05) is 30.3 Å². The van der Waals surface area contributed by atoms with E-state index in [0.29, 0.717) is 17.1 Å². The molecule has 0 aliphatic heterocycles. The van der Waals surface area contributed by atoms with Crippen LogP contribution in [-0.4, -0.2) is 18.8 Å². The second-order valence-electron chi connectivity index (χ2n) is 5.20. The molecule has 0 aliphatic carbocycles. The highest BCUT2D eigenvalue weighted by Crippen LogP contribution is 2.21. The summed E-state index contributed by atoms with van der Waals surface area (Å²) in [7, 11) is -3.52. The predicted octanol–water partition coefficient (Wildman–Crippen LogP) is 2.87. The second kappa shape index (κ2) is 6.28. The third-order valence-corrected chi connectivity index (χ3v) is 5.25. The van der Waals surface area contributed by atoms with Crippen LogP contribution in [0, 0.1) is 0 Å². The van der Waals surface area contributed by atoms with Crippen LogP contribution in [0.1, 0.15) is 19.4 Å². The Hall–Kier alpha value is -1.85. The smallest absolute Gasteiger partial charge is 0.243 e. The zero-order valence-corrected chi connectivity index (χ0v) is 13.0. The summed E-state index contributed by atoms with van der Waals surface area (Å²) in [4.78, 5) is 0.308. The predicted molar refractivity (Wildman–Crippen MR) is 85.2 cm³/mol. The number of nitrogens with zero attached hydrogens (tertiary/aromatic N) is 1. The molecule has 0 atom stereocenters. The normalized spacial score (nSPS) is 12.0. The number of benzene rings is 2. The van der Waals surface area contributed by atoms with Crippen LogP contribution in [0.15, 0.2) is 59.5 Å². The van der Waals surface area contributed by atoms with Crippen LogP contribution in [0.3, 0.4) is 0 Å². The Morgan fingerprint density at radius 1 is 1.05 bits per heavy atom. The van der Waals surface area contributed by atoms with E-state index in [1.807, 2.05) is 26.0 Å². The van der Waals surface area contributed by atoms with Crippen molar-refractivity contribution in [3.8, 4) is 0 Å². The first-order chi connectivity index (χ1) is 9.91. The molecule has 0 amide bonds. The van der Waals surface area contributed by atoms with Gasteiger partial charge in [0.2, 0.25) is 10.0 Å². The van der Waals surface area contributed by atoms with Gasteiger partial charge in [0.05, 0.1) is 4.90 Å². The Balaban J connectivity index is 2.36. The van der Waals surface area contributed by atoms with Crippen LogP contribution >= 0.6 is 0 Å². The number of nitrogens with two attached hydrogens (primary N) is 1. The number of sulfonamides is 1. The van der Waals surface area contributed by atoms with Crippen molar-refractivity contribution in [3.63, 3.8) is 0 Å². The second-order valence-corrected chi connectivity index (χ2v) is 7.09. The molecule has 0 bridgehead atoms. The van der Waals surface area contributed by atoms with E-state index in [9.17, 15) is 8.42 Å². The third-order valence-electron chi connectivity index (χ3n) is 3.22. The van der Waals surface area contributed by atoms with Crippen molar-refractivity contribution < 1.29 is 8.42 Å². The minimum atomic E-state index is -3.52. The van der Waals surface area contributed by atoms with E-state index in [1.54, 1.807) is 42.5 Å². The quantitative estimate of drug-likeness (QED) is 0.864. The zero-order chi connectivity index (χ0) is 15.5. The van der Waals surface area contributed by atoms with Crippen molar-refractivity contribution in [1.29, 1.82) is 0 Å². The highest BCUT2D eigenvalue weighted by atomic mass is 32.2. The maximum atomic E-state index is 12.8. The summed E-state index contributed by atoms with van der Waals surface area (Å²) in [5.41, 5.74) is 7.27. The molecule has 4 nitrogen and oxygen atoms in total. The van der Waals surface area contributed by atoms with Crippen molar-refractivity contribution in [1.82, 2.24) is 4.31 Å². The Kier molecular flexibility index (Phi) is 4.65. The SMILES string of the molecule is CC(C)N(Cc1cccc(N)c1)S(=O)(=O)c1ccccc1. The molecule has 2 aromatic carbocycles. The Morgan fingerprint density at radius 2 is 1.71 bits per heavy atom. The summed E-state index contributed by atoms with van der Waals surface area (Å²) in [6, 6.07) is 15.6. The summed E-state index contributed by atoms with van der Waals surface area (Å²) >= 11 is 0. The molecule has 2 aromatic rings. The van der Waals surface area contributed by atoms with E-state index < -0.39 is 10.0 Å². The summed E-state index contributed by atoms with van der Waals surface area (Å²) in [6.45, 7) is 4.04. The van der Waals surface area contributed by atoms with E-state index in [2.05, 4.69) is 0 Å². The molecule has 2 N–H and O–H groups in total. The Morgan fingerprint density at radius 3 is 2.29 bits per heavy atom. The van der Waals surface area contributed by atoms with Crippen molar-refractivity contribution in [2.45, 2.75) is 31.3 Å². The molecular formula is C16H20N2O2S. The van der Waals surface area contributed by atoms with Gasteiger partial charge in [0, 0.05) is 18.3 Å². The van der Waals surface area contributed by atoms with Gasteiger partial charge in [-0.05, 0) is 43.7 Å². The number of rotatable bonds is 5. The molecule has 2 rings (SSSR count). The lowest BCUT2D eigenvalue weighted by Gasteiger charge is -2.26. The van der Waals surface area contributed by atoms with E-state index in [4.69, 9.17) is 5.73 Å². The van der Waals surface area contributed by atoms with Gasteiger partial charge in [-0.25, -0.2) is 8.42 Å². The van der Waals surface area contributed by atoms with Crippen LogP contribution in [0.4, 0.5) is 5.69 Å². The third kappa shape index (κ3) is 3.62. The Labute approximate surface area is 126 Å². The van der Waals surface area contributed by atoms with Gasteiger partial charge in [-0.2, -0.15) is 4.31 Å². The van der Waals surface area contributed by atoms with Crippen LogP contribution in [-0.2, 0) is 16.6 Å². The fourth-order valence-electron chi connectivity index (χ4n) is 2.14. The Bertz CT molecular complexity index is 697. The molecule has 0 saturated heterocycles. The van der Waals surface area contributed by atoms with Gasteiger partial charge < -0.3 is 5.73 Å².